The molecule has 0 saturated carbocycles. The van der Waals surface area contributed by atoms with Gasteiger partial charge in [-0.15, -0.1) is 0 Å². The number of ether oxygens (including phenoxy) is 2. The van der Waals surface area contributed by atoms with Crippen LogP contribution in [-0.4, -0.2) is 50.2 Å². The molecule has 0 unspecified atom stereocenters. The van der Waals surface area contributed by atoms with Crippen molar-refractivity contribution in [3.8, 4) is 17.2 Å². The van der Waals surface area contributed by atoms with E-state index < -0.39 is 23.7 Å². The largest absolute Gasteiger partial charge is 0.488 e. The number of aromatic nitrogens is 3. The summed E-state index contributed by atoms with van der Waals surface area (Å²) in [6.07, 6.45) is 1.10. The van der Waals surface area contributed by atoms with Crippen LogP contribution in [0.4, 0.5) is 13.2 Å². The molecular weight excluding hydrogens is 465 g/mol. The van der Waals surface area contributed by atoms with Crippen molar-refractivity contribution in [3.63, 3.8) is 0 Å². The first-order valence-electron chi connectivity index (χ1n) is 10.9. The second-order valence-corrected chi connectivity index (χ2v) is 8.43. The number of amides is 1. The lowest BCUT2D eigenvalue weighted by Crippen LogP contribution is -2.50. The standard InChI is InChI=1S/C24H21F3N4O4/c1-14-11-29(13-28-14)18-4-5-19-23(33)30(9-10-31(19)22(18)32)15(2)12-34-20-6-3-17(25)16-7-8-24(26,27)35-21(16)20/h3-8,11,13,15H,9-10,12H2,1-2H3/t15-/m0/s1. The summed E-state index contributed by atoms with van der Waals surface area (Å²) in [6, 6.07) is 5.01. The van der Waals surface area contributed by atoms with E-state index in [0.29, 0.717) is 11.8 Å². The maximum atomic E-state index is 14.0. The third-order valence-corrected chi connectivity index (χ3v) is 5.99. The summed E-state index contributed by atoms with van der Waals surface area (Å²) in [7, 11) is 0. The van der Waals surface area contributed by atoms with Gasteiger partial charge in [0.25, 0.3) is 11.5 Å². The fourth-order valence-corrected chi connectivity index (χ4v) is 4.18. The van der Waals surface area contributed by atoms with E-state index in [-0.39, 0.29) is 48.2 Å². The minimum Gasteiger partial charge on any atom is -0.488 e. The van der Waals surface area contributed by atoms with E-state index in [4.69, 9.17) is 4.74 Å². The van der Waals surface area contributed by atoms with Crippen LogP contribution in [0.2, 0.25) is 0 Å². The Balaban J connectivity index is 1.34. The molecule has 2 aliphatic rings. The van der Waals surface area contributed by atoms with Gasteiger partial charge in [-0.1, -0.05) is 0 Å². The van der Waals surface area contributed by atoms with Gasteiger partial charge in [0.2, 0.25) is 0 Å². The highest BCUT2D eigenvalue weighted by Crippen LogP contribution is 2.41. The van der Waals surface area contributed by atoms with Crippen LogP contribution < -0.4 is 15.0 Å². The Hall–Kier alpha value is -4.02. The van der Waals surface area contributed by atoms with Crippen molar-refractivity contribution in [1.82, 2.24) is 19.0 Å². The van der Waals surface area contributed by atoms with E-state index in [9.17, 15) is 22.8 Å². The molecule has 0 N–H and O–H groups in total. The number of hydrogen-bond acceptors (Lipinski definition) is 5. The summed E-state index contributed by atoms with van der Waals surface area (Å²) in [5.41, 5.74) is 0.948. The Morgan fingerprint density at radius 1 is 1.20 bits per heavy atom. The molecule has 5 rings (SSSR count). The predicted octanol–water partition coefficient (Wildman–Crippen LogP) is 3.40. The van der Waals surface area contributed by atoms with Gasteiger partial charge in [0.05, 0.1) is 23.6 Å². The number of benzene rings is 1. The lowest BCUT2D eigenvalue weighted by molar-refractivity contribution is -0.134. The van der Waals surface area contributed by atoms with E-state index in [1.165, 1.54) is 10.6 Å². The molecule has 0 radical (unpaired) electrons. The lowest BCUT2D eigenvalue weighted by Gasteiger charge is -2.34. The van der Waals surface area contributed by atoms with Crippen molar-refractivity contribution in [2.24, 2.45) is 0 Å². The van der Waals surface area contributed by atoms with E-state index >= 15 is 0 Å². The first kappa shape index (κ1) is 22.8. The molecule has 8 nitrogen and oxygen atoms in total. The van der Waals surface area contributed by atoms with Crippen LogP contribution in [0.5, 0.6) is 11.5 Å². The SMILES string of the molecule is Cc1cn(-c2ccc3n(c2=O)CCN([C@@H](C)COc2ccc(F)c4c2OC(F)(F)C=C4)C3=O)cn1. The molecule has 0 bridgehead atoms. The quantitative estimate of drug-likeness (QED) is 0.553. The normalized spacial score (nSPS) is 16.9. The van der Waals surface area contributed by atoms with Gasteiger partial charge in [0.1, 0.15) is 23.8 Å². The fraction of sp³-hybridized carbons (Fsp3) is 0.292. The third-order valence-electron chi connectivity index (χ3n) is 5.99. The molecule has 0 fully saturated rings. The number of nitrogens with zero attached hydrogens (tertiary/aromatic N) is 4. The second-order valence-electron chi connectivity index (χ2n) is 8.43. The van der Waals surface area contributed by atoms with Gasteiger partial charge >= 0.3 is 6.11 Å². The van der Waals surface area contributed by atoms with Crippen molar-refractivity contribution in [2.45, 2.75) is 32.5 Å². The van der Waals surface area contributed by atoms with Crippen LogP contribution in [0.1, 0.15) is 28.7 Å². The number of rotatable bonds is 5. The van der Waals surface area contributed by atoms with Crippen LogP contribution in [-0.2, 0) is 6.54 Å². The lowest BCUT2D eigenvalue weighted by atomic mass is 10.1. The molecule has 2 aromatic heterocycles. The number of carbonyl (C=O) groups is 1. The van der Waals surface area contributed by atoms with Crippen LogP contribution in [0, 0.1) is 12.7 Å². The zero-order valence-corrected chi connectivity index (χ0v) is 18.9. The molecule has 0 saturated heterocycles. The van der Waals surface area contributed by atoms with Gasteiger partial charge in [0.15, 0.2) is 11.5 Å². The first-order chi connectivity index (χ1) is 16.6. The number of pyridine rings is 1. The Kier molecular flexibility index (Phi) is 5.42. The van der Waals surface area contributed by atoms with E-state index in [1.54, 1.807) is 41.0 Å². The zero-order valence-electron chi connectivity index (χ0n) is 18.9. The van der Waals surface area contributed by atoms with Gasteiger partial charge in [-0.25, -0.2) is 9.37 Å². The Bertz CT molecular complexity index is 1410. The Labute approximate surface area is 197 Å². The van der Waals surface area contributed by atoms with Gasteiger partial charge in [-0.05, 0) is 44.2 Å². The van der Waals surface area contributed by atoms with Crippen molar-refractivity contribution in [3.05, 3.63) is 76.0 Å². The summed E-state index contributed by atoms with van der Waals surface area (Å²) in [5.74, 6) is -1.53. The maximum absolute atomic E-state index is 14.0. The number of halogens is 3. The minimum absolute atomic E-state index is 0.0565. The third kappa shape index (κ3) is 4.07. The zero-order chi connectivity index (χ0) is 24.9. The van der Waals surface area contributed by atoms with Gasteiger partial charge < -0.3 is 23.5 Å². The average molecular weight is 486 g/mol. The number of carbonyl (C=O) groups excluding carboxylic acids is 1. The molecule has 182 valence electrons. The molecule has 35 heavy (non-hydrogen) atoms. The minimum atomic E-state index is -3.58. The van der Waals surface area contributed by atoms with Crippen molar-refractivity contribution in [2.75, 3.05) is 13.2 Å². The molecule has 0 aliphatic carbocycles. The summed E-state index contributed by atoms with van der Waals surface area (Å²) < 4.78 is 54.7. The Morgan fingerprint density at radius 2 is 2.00 bits per heavy atom. The molecule has 0 spiro atoms. The average Bonchev–Trinajstić information content (AvgIpc) is 3.24. The highest BCUT2D eigenvalue weighted by molar-refractivity contribution is 5.93. The summed E-state index contributed by atoms with van der Waals surface area (Å²) in [4.78, 5) is 31.8. The summed E-state index contributed by atoms with van der Waals surface area (Å²) in [6.45, 7) is 4.02. The van der Waals surface area contributed by atoms with Crippen LogP contribution in [0.15, 0.2) is 47.7 Å². The monoisotopic (exact) mass is 486 g/mol. The number of hydrogen-bond donors (Lipinski definition) is 0. The number of fused-ring (bicyclic) bond motifs is 2. The first-order valence-corrected chi connectivity index (χ1v) is 10.9. The molecule has 1 amide bonds. The molecule has 3 aromatic rings. The Morgan fingerprint density at radius 3 is 2.74 bits per heavy atom. The number of alkyl halides is 2. The van der Waals surface area contributed by atoms with E-state index in [0.717, 1.165) is 17.8 Å². The molecule has 1 atom stereocenters. The van der Waals surface area contributed by atoms with Gasteiger partial charge in [-0.3, -0.25) is 9.59 Å². The van der Waals surface area contributed by atoms with Gasteiger partial charge in [-0.2, -0.15) is 8.78 Å². The van der Waals surface area contributed by atoms with Crippen molar-refractivity contribution in [1.29, 1.82) is 0 Å². The van der Waals surface area contributed by atoms with Crippen LogP contribution in [0.3, 0.4) is 0 Å². The predicted molar refractivity (Wildman–Crippen MR) is 120 cm³/mol. The molecule has 4 heterocycles. The van der Waals surface area contributed by atoms with E-state index in [1.807, 2.05) is 6.92 Å². The topological polar surface area (TPSA) is 78.6 Å². The van der Waals surface area contributed by atoms with E-state index in [2.05, 4.69) is 9.72 Å². The number of imidazole rings is 1. The molecular formula is C24H21F3N4O4. The maximum Gasteiger partial charge on any atom is 0.420 e. The summed E-state index contributed by atoms with van der Waals surface area (Å²) in [5, 5.41) is 0. The fourth-order valence-electron chi connectivity index (χ4n) is 4.18. The van der Waals surface area contributed by atoms with Crippen molar-refractivity contribution < 1.29 is 27.4 Å². The molecule has 11 heteroatoms. The van der Waals surface area contributed by atoms with Crippen LogP contribution >= 0.6 is 0 Å². The summed E-state index contributed by atoms with van der Waals surface area (Å²) >= 11 is 0. The molecule has 2 aliphatic heterocycles. The van der Waals surface area contributed by atoms with Crippen molar-refractivity contribution >= 4 is 12.0 Å². The molecule has 1 aromatic carbocycles. The van der Waals surface area contributed by atoms with Crippen LogP contribution in [0.25, 0.3) is 11.8 Å². The van der Waals surface area contributed by atoms with Gasteiger partial charge in [0, 0.05) is 25.4 Å². The second kappa shape index (κ2) is 8.33. The smallest absolute Gasteiger partial charge is 0.420 e. The highest BCUT2D eigenvalue weighted by atomic mass is 19.3. The highest BCUT2D eigenvalue weighted by Gasteiger charge is 2.35. The number of aryl methyl sites for hydroxylation is 1.